The first-order chi connectivity index (χ1) is 11.2. The van der Waals surface area contributed by atoms with Gasteiger partial charge in [0.05, 0.1) is 28.4 Å². The molecule has 118 valence electrons. The number of aromatic nitrogens is 2. The molecule has 3 aromatic rings. The van der Waals surface area contributed by atoms with E-state index in [-0.39, 0.29) is 0 Å². The Morgan fingerprint density at radius 3 is 2.91 bits per heavy atom. The molecule has 0 aliphatic rings. The maximum absolute atomic E-state index is 5.84. The summed E-state index contributed by atoms with van der Waals surface area (Å²) in [6.07, 6.45) is 1.66. The highest BCUT2D eigenvalue weighted by Gasteiger charge is 2.11. The van der Waals surface area contributed by atoms with Gasteiger partial charge in [0.25, 0.3) is 0 Å². The Labute approximate surface area is 156 Å². The van der Waals surface area contributed by atoms with E-state index in [1.807, 2.05) is 30.3 Å². The van der Waals surface area contributed by atoms with E-state index in [4.69, 9.17) is 21.3 Å². The molecule has 0 unspecified atom stereocenters. The summed E-state index contributed by atoms with van der Waals surface area (Å²) in [6, 6.07) is 9.68. The number of thioether (sulfide) groups is 1. The second-order valence-corrected chi connectivity index (χ2v) is 7.80. The van der Waals surface area contributed by atoms with Gasteiger partial charge in [0, 0.05) is 21.8 Å². The van der Waals surface area contributed by atoms with Crippen molar-refractivity contribution in [2.75, 3.05) is 7.11 Å². The van der Waals surface area contributed by atoms with E-state index in [1.54, 1.807) is 36.4 Å². The molecule has 0 spiro atoms. The SMILES string of the molecule is COc1ccc(Br)cc1-c1nc(CSc2ccc(Cl)cn2)cs1. The standard InChI is InChI=1S/C16H12BrClN2OS2/c1-21-14-4-2-10(17)6-13(14)16-20-12(9-23-16)8-22-15-5-3-11(18)7-19-15/h2-7,9H,8H2,1H3. The van der Waals surface area contributed by atoms with Crippen LogP contribution in [0.4, 0.5) is 0 Å². The molecular formula is C16H12BrClN2OS2. The van der Waals surface area contributed by atoms with Crippen molar-refractivity contribution in [2.24, 2.45) is 0 Å². The Kier molecular flexibility index (Phi) is 5.58. The van der Waals surface area contributed by atoms with Gasteiger partial charge < -0.3 is 4.74 Å². The summed E-state index contributed by atoms with van der Waals surface area (Å²) in [7, 11) is 1.67. The molecule has 0 saturated heterocycles. The minimum Gasteiger partial charge on any atom is -0.496 e. The van der Waals surface area contributed by atoms with Gasteiger partial charge in [0.2, 0.25) is 0 Å². The lowest BCUT2D eigenvalue weighted by Crippen LogP contribution is -1.88. The predicted molar refractivity (Wildman–Crippen MR) is 101 cm³/mol. The predicted octanol–water partition coefficient (Wildman–Crippen LogP) is 5.92. The van der Waals surface area contributed by atoms with E-state index in [0.29, 0.717) is 5.02 Å². The fourth-order valence-electron chi connectivity index (χ4n) is 1.94. The lowest BCUT2D eigenvalue weighted by molar-refractivity contribution is 0.416. The average Bonchev–Trinajstić information content (AvgIpc) is 3.03. The minimum absolute atomic E-state index is 0.645. The van der Waals surface area contributed by atoms with E-state index in [1.165, 1.54) is 0 Å². The molecule has 3 rings (SSSR count). The van der Waals surface area contributed by atoms with Gasteiger partial charge in [-0.1, -0.05) is 27.5 Å². The van der Waals surface area contributed by atoms with Crippen LogP contribution in [0.5, 0.6) is 5.75 Å². The molecule has 0 atom stereocenters. The number of benzene rings is 1. The summed E-state index contributed by atoms with van der Waals surface area (Å²) in [5.74, 6) is 1.59. The molecular weight excluding hydrogens is 416 g/mol. The van der Waals surface area contributed by atoms with Crippen LogP contribution in [-0.2, 0) is 5.75 Å². The molecule has 0 saturated carbocycles. The number of thiazole rings is 1. The van der Waals surface area contributed by atoms with Gasteiger partial charge in [-0.25, -0.2) is 9.97 Å². The largest absolute Gasteiger partial charge is 0.496 e. The van der Waals surface area contributed by atoms with Crippen molar-refractivity contribution in [3.8, 4) is 16.3 Å². The second-order valence-electron chi connectivity index (χ2n) is 4.59. The van der Waals surface area contributed by atoms with Crippen LogP contribution >= 0.6 is 50.6 Å². The van der Waals surface area contributed by atoms with Crippen LogP contribution in [0, 0.1) is 0 Å². The zero-order valence-electron chi connectivity index (χ0n) is 12.1. The molecule has 0 fully saturated rings. The van der Waals surface area contributed by atoms with Crippen molar-refractivity contribution in [3.63, 3.8) is 0 Å². The summed E-state index contributed by atoms with van der Waals surface area (Å²) in [4.78, 5) is 8.98. The fourth-order valence-corrected chi connectivity index (χ4v) is 4.09. The lowest BCUT2D eigenvalue weighted by Gasteiger charge is -2.06. The van der Waals surface area contributed by atoms with Crippen molar-refractivity contribution in [1.82, 2.24) is 9.97 Å². The molecule has 0 aliphatic heterocycles. The van der Waals surface area contributed by atoms with Crippen molar-refractivity contribution in [2.45, 2.75) is 10.8 Å². The highest BCUT2D eigenvalue weighted by atomic mass is 79.9. The zero-order valence-corrected chi connectivity index (χ0v) is 16.1. The first kappa shape index (κ1) is 16.8. The number of pyridine rings is 1. The topological polar surface area (TPSA) is 35.0 Å². The minimum atomic E-state index is 0.645. The lowest BCUT2D eigenvalue weighted by atomic mass is 10.2. The van der Waals surface area contributed by atoms with E-state index in [2.05, 4.69) is 26.3 Å². The quantitative estimate of drug-likeness (QED) is 0.473. The van der Waals surface area contributed by atoms with Crippen LogP contribution < -0.4 is 4.74 Å². The summed E-state index contributed by atoms with van der Waals surface area (Å²) >= 11 is 12.6. The first-order valence-electron chi connectivity index (χ1n) is 6.68. The zero-order chi connectivity index (χ0) is 16.2. The molecule has 7 heteroatoms. The third-order valence-corrected chi connectivity index (χ3v) is 5.63. The number of halogens is 2. The van der Waals surface area contributed by atoms with Crippen LogP contribution in [0.1, 0.15) is 5.69 Å². The normalized spacial score (nSPS) is 10.7. The maximum Gasteiger partial charge on any atom is 0.129 e. The van der Waals surface area contributed by atoms with Crippen molar-refractivity contribution >= 4 is 50.6 Å². The van der Waals surface area contributed by atoms with Gasteiger partial charge in [-0.3, -0.25) is 0 Å². The number of ether oxygens (including phenoxy) is 1. The van der Waals surface area contributed by atoms with E-state index in [0.717, 1.165) is 37.3 Å². The number of hydrogen-bond acceptors (Lipinski definition) is 5. The Bertz CT molecular complexity index is 808. The van der Waals surface area contributed by atoms with Gasteiger partial charge in [0.15, 0.2) is 0 Å². The van der Waals surface area contributed by atoms with Gasteiger partial charge in [-0.15, -0.1) is 23.1 Å². The van der Waals surface area contributed by atoms with Gasteiger partial charge in [-0.2, -0.15) is 0 Å². The Morgan fingerprint density at radius 1 is 1.30 bits per heavy atom. The molecule has 2 aromatic heterocycles. The van der Waals surface area contributed by atoms with Crippen LogP contribution in [-0.4, -0.2) is 17.1 Å². The summed E-state index contributed by atoms with van der Waals surface area (Å²) < 4.78 is 6.43. The fraction of sp³-hybridized carbons (Fsp3) is 0.125. The van der Waals surface area contributed by atoms with Crippen molar-refractivity contribution < 1.29 is 4.74 Å². The molecule has 3 nitrogen and oxygen atoms in total. The van der Waals surface area contributed by atoms with Gasteiger partial charge >= 0.3 is 0 Å². The average molecular weight is 428 g/mol. The monoisotopic (exact) mass is 426 g/mol. The Hall–Kier alpha value is -1.08. The number of hydrogen-bond donors (Lipinski definition) is 0. The Balaban J connectivity index is 1.75. The van der Waals surface area contributed by atoms with E-state index in [9.17, 15) is 0 Å². The van der Waals surface area contributed by atoms with Crippen LogP contribution in [0.3, 0.4) is 0 Å². The third-order valence-electron chi connectivity index (χ3n) is 3.01. The summed E-state index contributed by atoms with van der Waals surface area (Å²) in [5, 5.41) is 4.59. The van der Waals surface area contributed by atoms with Gasteiger partial charge in [-0.05, 0) is 30.3 Å². The third kappa shape index (κ3) is 4.26. The van der Waals surface area contributed by atoms with E-state index < -0.39 is 0 Å². The highest BCUT2D eigenvalue weighted by molar-refractivity contribution is 9.10. The molecule has 0 radical (unpaired) electrons. The second kappa shape index (κ2) is 7.66. The van der Waals surface area contributed by atoms with Crippen molar-refractivity contribution in [3.05, 3.63) is 57.1 Å². The van der Waals surface area contributed by atoms with Gasteiger partial charge in [0.1, 0.15) is 10.8 Å². The van der Waals surface area contributed by atoms with Crippen LogP contribution in [0.15, 0.2) is 51.4 Å². The molecule has 0 aliphatic carbocycles. The smallest absolute Gasteiger partial charge is 0.129 e. The molecule has 0 N–H and O–H groups in total. The highest BCUT2D eigenvalue weighted by Crippen LogP contribution is 2.35. The van der Waals surface area contributed by atoms with Crippen LogP contribution in [0.25, 0.3) is 10.6 Å². The number of rotatable bonds is 5. The van der Waals surface area contributed by atoms with Crippen molar-refractivity contribution in [1.29, 1.82) is 0 Å². The summed E-state index contributed by atoms with van der Waals surface area (Å²) in [6.45, 7) is 0. The molecule has 1 aromatic carbocycles. The maximum atomic E-state index is 5.84. The number of methoxy groups -OCH3 is 1. The first-order valence-corrected chi connectivity index (χ1v) is 9.72. The molecule has 0 bridgehead atoms. The Morgan fingerprint density at radius 2 is 2.17 bits per heavy atom. The number of nitrogens with zero attached hydrogens (tertiary/aromatic N) is 2. The molecule has 0 amide bonds. The molecule has 23 heavy (non-hydrogen) atoms. The summed E-state index contributed by atoms with van der Waals surface area (Å²) in [5.41, 5.74) is 2.02. The van der Waals surface area contributed by atoms with Crippen LogP contribution in [0.2, 0.25) is 5.02 Å². The molecule has 2 heterocycles. The van der Waals surface area contributed by atoms with E-state index >= 15 is 0 Å².